The molecule has 2 aliphatic heterocycles. The number of hydrogen-bond donors (Lipinski definition) is 2. The van der Waals surface area contributed by atoms with Gasteiger partial charge in [-0.2, -0.15) is 0 Å². The van der Waals surface area contributed by atoms with Crippen molar-refractivity contribution in [3.8, 4) is 11.5 Å². The van der Waals surface area contributed by atoms with Gasteiger partial charge >= 0.3 is 0 Å². The quantitative estimate of drug-likeness (QED) is 0.772. The Labute approximate surface area is 185 Å². The predicted molar refractivity (Wildman–Crippen MR) is 119 cm³/mol. The molecule has 5 nitrogen and oxygen atoms in total. The Morgan fingerprint density at radius 2 is 1.90 bits per heavy atom. The monoisotopic (exact) mass is 427 g/mol. The van der Waals surface area contributed by atoms with E-state index in [1.54, 1.807) is 7.11 Å². The highest BCUT2D eigenvalue weighted by molar-refractivity contribution is 5.63. The van der Waals surface area contributed by atoms with Crippen molar-refractivity contribution in [2.45, 2.75) is 88.6 Å². The molecular weight excluding hydrogens is 390 g/mol. The molecule has 31 heavy (non-hydrogen) atoms. The zero-order valence-electron chi connectivity index (χ0n) is 19.8. The molecule has 3 saturated carbocycles. The fraction of sp³-hybridized carbons (Fsp3) is 0.769. The van der Waals surface area contributed by atoms with Gasteiger partial charge in [-0.1, -0.05) is 26.8 Å². The average Bonchev–Trinajstić information content (AvgIpc) is 3.09. The van der Waals surface area contributed by atoms with Crippen LogP contribution in [0.4, 0.5) is 0 Å². The van der Waals surface area contributed by atoms with Crippen LogP contribution in [0.25, 0.3) is 0 Å². The van der Waals surface area contributed by atoms with Crippen LogP contribution in [0.15, 0.2) is 12.1 Å². The molecular formula is C26H37NO4. The number of rotatable bonds is 3. The lowest BCUT2D eigenvalue weighted by Crippen LogP contribution is -2.83. The van der Waals surface area contributed by atoms with Gasteiger partial charge in [-0.3, -0.25) is 0 Å². The second-order valence-corrected chi connectivity index (χ2v) is 12.0. The minimum absolute atomic E-state index is 0.00105. The van der Waals surface area contributed by atoms with Gasteiger partial charge in [0.2, 0.25) is 0 Å². The van der Waals surface area contributed by atoms with Crippen LogP contribution in [-0.4, -0.2) is 49.2 Å². The first-order valence-corrected chi connectivity index (χ1v) is 12.0. The van der Waals surface area contributed by atoms with Crippen LogP contribution in [0.1, 0.15) is 64.5 Å². The van der Waals surface area contributed by atoms with E-state index < -0.39 is 11.2 Å². The molecule has 2 spiro atoms. The summed E-state index contributed by atoms with van der Waals surface area (Å²) in [6, 6.07) is 4.73. The molecule has 4 bridgehead atoms. The third-order valence-electron chi connectivity index (χ3n) is 10.6. The lowest BCUT2D eigenvalue weighted by molar-refractivity contribution is -0.303. The molecule has 4 fully saturated rings. The van der Waals surface area contributed by atoms with Crippen molar-refractivity contribution >= 4 is 0 Å². The fourth-order valence-corrected chi connectivity index (χ4v) is 8.68. The van der Waals surface area contributed by atoms with Crippen LogP contribution in [0.5, 0.6) is 11.5 Å². The standard InChI is InChI=1S/C26H37NO4/c1-22(2,3)23(4,28)17-14-24-9-10-26(17,30-6)21-25(24)11-12-27-18(24)13-15-7-8-16(29-5)20(31-21)19(15)25/h7-8,17-18,21,27-28H,9-14H2,1-6H3/t17-,18-,21-,23-,24?,25+,26+/m1/s1. The molecule has 1 aromatic carbocycles. The molecule has 4 aliphatic carbocycles. The van der Waals surface area contributed by atoms with Gasteiger partial charge in [0, 0.05) is 35.5 Å². The molecule has 5 heteroatoms. The van der Waals surface area contributed by atoms with E-state index in [1.165, 1.54) is 11.1 Å². The van der Waals surface area contributed by atoms with Crippen LogP contribution < -0.4 is 14.8 Å². The lowest BCUT2D eigenvalue weighted by atomic mass is 9.33. The van der Waals surface area contributed by atoms with Gasteiger partial charge in [0.05, 0.1) is 12.7 Å². The summed E-state index contributed by atoms with van der Waals surface area (Å²) in [6.07, 6.45) is 4.99. The smallest absolute Gasteiger partial charge is 0.165 e. The Morgan fingerprint density at radius 1 is 1.13 bits per heavy atom. The summed E-state index contributed by atoms with van der Waals surface area (Å²) in [6.45, 7) is 9.48. The van der Waals surface area contributed by atoms with Crippen LogP contribution in [0.3, 0.4) is 0 Å². The Kier molecular flexibility index (Phi) is 3.79. The van der Waals surface area contributed by atoms with E-state index >= 15 is 0 Å². The number of ether oxygens (including phenoxy) is 3. The van der Waals surface area contributed by atoms with E-state index in [0.717, 1.165) is 50.1 Å². The second kappa shape index (κ2) is 5.78. The molecule has 1 unspecified atom stereocenters. The second-order valence-electron chi connectivity index (χ2n) is 12.0. The summed E-state index contributed by atoms with van der Waals surface area (Å²) in [7, 11) is 3.57. The van der Waals surface area contributed by atoms with E-state index in [9.17, 15) is 5.11 Å². The first-order chi connectivity index (χ1) is 14.6. The molecule has 2 heterocycles. The Bertz CT molecular complexity index is 951. The summed E-state index contributed by atoms with van der Waals surface area (Å²) in [4.78, 5) is 0. The van der Waals surface area contributed by atoms with Gasteiger partial charge in [0.25, 0.3) is 0 Å². The summed E-state index contributed by atoms with van der Waals surface area (Å²) in [5.74, 6) is 1.77. The van der Waals surface area contributed by atoms with Crippen molar-refractivity contribution in [2.75, 3.05) is 20.8 Å². The molecule has 170 valence electrons. The number of nitrogens with one attached hydrogen (secondary N) is 1. The first-order valence-electron chi connectivity index (χ1n) is 12.0. The third-order valence-corrected chi connectivity index (χ3v) is 10.6. The van der Waals surface area contributed by atoms with Crippen molar-refractivity contribution < 1.29 is 19.3 Å². The Morgan fingerprint density at radius 3 is 2.58 bits per heavy atom. The minimum atomic E-state index is -0.880. The van der Waals surface area contributed by atoms with E-state index in [4.69, 9.17) is 14.2 Å². The van der Waals surface area contributed by atoms with Gasteiger partial charge in [-0.15, -0.1) is 0 Å². The van der Waals surface area contributed by atoms with E-state index in [-0.39, 0.29) is 28.3 Å². The van der Waals surface area contributed by atoms with Gasteiger partial charge in [-0.05, 0) is 62.6 Å². The van der Waals surface area contributed by atoms with Gasteiger partial charge in [0.15, 0.2) is 11.5 Å². The number of piperidine rings is 1. The highest BCUT2D eigenvalue weighted by atomic mass is 16.6. The average molecular weight is 428 g/mol. The molecule has 1 saturated heterocycles. The highest BCUT2D eigenvalue weighted by Crippen LogP contribution is 2.77. The zero-order chi connectivity index (χ0) is 22.0. The molecule has 7 rings (SSSR count). The maximum atomic E-state index is 12.0. The van der Waals surface area contributed by atoms with Crippen LogP contribution in [0, 0.1) is 16.7 Å². The van der Waals surface area contributed by atoms with Crippen molar-refractivity contribution in [2.24, 2.45) is 16.7 Å². The minimum Gasteiger partial charge on any atom is -0.493 e. The Balaban J connectivity index is 1.64. The SMILES string of the molecule is COc1ccc2c3c1O[C@H]1[C@]4(OC)CCC5(C[C@@H]4[C@@](C)(O)C(C)(C)C)[C@@H](C2)NCC[C@]315. The molecule has 6 aliphatic rings. The van der Waals surface area contributed by atoms with Crippen molar-refractivity contribution in [1.29, 1.82) is 0 Å². The number of methoxy groups -OCH3 is 2. The lowest BCUT2D eigenvalue weighted by Gasteiger charge is -2.74. The first kappa shape index (κ1) is 20.3. The number of benzene rings is 1. The van der Waals surface area contributed by atoms with Crippen LogP contribution in [0.2, 0.25) is 0 Å². The van der Waals surface area contributed by atoms with Gasteiger partial charge in [0.1, 0.15) is 11.7 Å². The normalized spacial score (nSPS) is 43.8. The number of hydrogen-bond acceptors (Lipinski definition) is 5. The van der Waals surface area contributed by atoms with Crippen LogP contribution in [-0.2, 0) is 16.6 Å². The van der Waals surface area contributed by atoms with E-state index in [1.807, 2.05) is 14.0 Å². The van der Waals surface area contributed by atoms with Gasteiger partial charge < -0.3 is 24.6 Å². The molecule has 2 N–H and O–H groups in total. The number of fused-ring (bicyclic) bond motifs is 2. The number of aliphatic hydroxyl groups is 1. The fourth-order valence-electron chi connectivity index (χ4n) is 8.68. The predicted octanol–water partition coefficient (Wildman–Crippen LogP) is 3.59. The van der Waals surface area contributed by atoms with Crippen molar-refractivity contribution in [3.05, 3.63) is 23.3 Å². The summed E-state index contributed by atoms with van der Waals surface area (Å²) in [5.41, 5.74) is 1.13. The topological polar surface area (TPSA) is 60.0 Å². The molecule has 0 aromatic heterocycles. The molecule has 7 atom stereocenters. The van der Waals surface area contributed by atoms with Crippen molar-refractivity contribution in [3.63, 3.8) is 0 Å². The maximum absolute atomic E-state index is 12.0. The van der Waals surface area contributed by atoms with Crippen LogP contribution >= 0.6 is 0 Å². The summed E-state index contributed by atoms with van der Waals surface area (Å²) in [5, 5.41) is 15.9. The molecule has 1 aromatic rings. The van der Waals surface area contributed by atoms with E-state index in [0.29, 0.717) is 6.04 Å². The third kappa shape index (κ3) is 1.98. The largest absolute Gasteiger partial charge is 0.493 e. The molecule has 0 amide bonds. The summed E-state index contributed by atoms with van der Waals surface area (Å²) < 4.78 is 19.3. The zero-order valence-corrected chi connectivity index (χ0v) is 19.8. The van der Waals surface area contributed by atoms with Gasteiger partial charge in [-0.25, -0.2) is 0 Å². The Hall–Kier alpha value is -1.30. The van der Waals surface area contributed by atoms with E-state index in [2.05, 4.69) is 38.2 Å². The highest BCUT2D eigenvalue weighted by Gasteiger charge is 2.81. The molecule has 0 radical (unpaired) electrons. The van der Waals surface area contributed by atoms with Crippen molar-refractivity contribution in [1.82, 2.24) is 5.32 Å². The maximum Gasteiger partial charge on any atom is 0.165 e. The summed E-state index contributed by atoms with van der Waals surface area (Å²) >= 11 is 0.